The third-order valence-electron chi connectivity index (χ3n) is 4.03. The van der Waals surface area contributed by atoms with Crippen molar-refractivity contribution in [3.63, 3.8) is 0 Å². The smallest absolute Gasteiger partial charge is 0.244 e. The summed E-state index contributed by atoms with van der Waals surface area (Å²) in [6, 6.07) is 5.07. The first-order valence-corrected chi connectivity index (χ1v) is 9.16. The fourth-order valence-corrected chi connectivity index (χ4v) is 4.50. The Bertz CT molecular complexity index is 586. The molecule has 0 radical (unpaired) electrons. The van der Waals surface area contributed by atoms with E-state index in [2.05, 4.69) is 4.90 Å². The van der Waals surface area contributed by atoms with Gasteiger partial charge in [0.1, 0.15) is 0 Å². The summed E-state index contributed by atoms with van der Waals surface area (Å²) in [5.74, 6) is 1.39. The average Bonchev–Trinajstić information content (AvgIpc) is 2.82. The van der Waals surface area contributed by atoms with Gasteiger partial charge in [-0.05, 0) is 24.6 Å². The van der Waals surface area contributed by atoms with Crippen molar-refractivity contribution in [1.82, 2.24) is 4.90 Å². The molecular weight excluding hydrogens is 331 g/mol. The first kappa shape index (κ1) is 15.3. The molecule has 2 aliphatic rings. The molecular formula is C14H16Cl2N2O2S. The molecule has 2 fully saturated rings. The second-order valence-electron chi connectivity index (χ2n) is 5.27. The monoisotopic (exact) mass is 346 g/mol. The predicted octanol–water partition coefficient (Wildman–Crippen LogP) is 2.16. The van der Waals surface area contributed by atoms with Crippen molar-refractivity contribution in [2.45, 2.75) is 12.5 Å². The van der Waals surface area contributed by atoms with E-state index in [4.69, 9.17) is 23.2 Å². The highest BCUT2D eigenvalue weighted by molar-refractivity contribution is 7.85. The van der Waals surface area contributed by atoms with Gasteiger partial charge in [0.05, 0.1) is 16.8 Å². The molecule has 0 saturated carbocycles. The maximum atomic E-state index is 12.6. The molecule has 4 nitrogen and oxygen atoms in total. The van der Waals surface area contributed by atoms with E-state index in [0.717, 1.165) is 19.5 Å². The molecule has 3 rings (SSSR count). The first-order chi connectivity index (χ1) is 10.1. The highest BCUT2D eigenvalue weighted by Crippen LogP contribution is 2.32. The lowest BCUT2D eigenvalue weighted by atomic mass is 10.2. The Labute approximate surface area is 136 Å². The van der Waals surface area contributed by atoms with Gasteiger partial charge in [-0.1, -0.05) is 23.2 Å². The van der Waals surface area contributed by atoms with Crippen LogP contribution < -0.4 is 4.90 Å². The molecule has 0 aliphatic carbocycles. The van der Waals surface area contributed by atoms with Crippen LogP contribution in [0.3, 0.4) is 0 Å². The quantitative estimate of drug-likeness (QED) is 0.823. The zero-order valence-electron chi connectivity index (χ0n) is 11.4. The highest BCUT2D eigenvalue weighted by Gasteiger charge is 2.38. The topological polar surface area (TPSA) is 40.6 Å². The zero-order chi connectivity index (χ0) is 15.0. The van der Waals surface area contributed by atoms with Crippen molar-refractivity contribution in [3.05, 3.63) is 28.2 Å². The van der Waals surface area contributed by atoms with Crippen LogP contribution in [-0.2, 0) is 15.6 Å². The van der Waals surface area contributed by atoms with Crippen molar-refractivity contribution in [3.8, 4) is 0 Å². The van der Waals surface area contributed by atoms with E-state index in [1.165, 1.54) is 0 Å². The Kier molecular flexibility index (Phi) is 4.54. The van der Waals surface area contributed by atoms with E-state index in [0.29, 0.717) is 33.8 Å². The summed E-state index contributed by atoms with van der Waals surface area (Å²) in [6.45, 7) is 2.11. The van der Waals surface area contributed by atoms with E-state index >= 15 is 0 Å². The van der Waals surface area contributed by atoms with Crippen LogP contribution in [0.5, 0.6) is 0 Å². The maximum Gasteiger partial charge on any atom is 0.244 e. The normalized spacial score (nSPS) is 24.8. The number of halogens is 2. The second-order valence-corrected chi connectivity index (χ2v) is 7.81. The van der Waals surface area contributed by atoms with Crippen LogP contribution in [0.1, 0.15) is 6.42 Å². The van der Waals surface area contributed by atoms with E-state index in [1.807, 2.05) is 0 Å². The van der Waals surface area contributed by atoms with Gasteiger partial charge in [0.25, 0.3) is 0 Å². The van der Waals surface area contributed by atoms with Gasteiger partial charge < -0.3 is 4.90 Å². The van der Waals surface area contributed by atoms with Gasteiger partial charge >= 0.3 is 0 Å². The van der Waals surface area contributed by atoms with Crippen LogP contribution in [-0.4, -0.2) is 52.2 Å². The van der Waals surface area contributed by atoms with Gasteiger partial charge in [0.2, 0.25) is 5.91 Å². The Morgan fingerprint density at radius 2 is 1.86 bits per heavy atom. The zero-order valence-corrected chi connectivity index (χ0v) is 13.8. The van der Waals surface area contributed by atoms with Gasteiger partial charge in [-0.2, -0.15) is 0 Å². The lowest BCUT2D eigenvalue weighted by Crippen LogP contribution is -2.48. The summed E-state index contributed by atoms with van der Waals surface area (Å²) in [4.78, 5) is 16.5. The number of rotatable bonds is 2. The molecule has 21 heavy (non-hydrogen) atoms. The number of carbonyl (C=O) groups is 1. The van der Waals surface area contributed by atoms with E-state index < -0.39 is 10.8 Å². The summed E-state index contributed by atoms with van der Waals surface area (Å²) in [6.07, 6.45) is 0.782. The minimum Gasteiger partial charge on any atom is -0.310 e. The number of nitrogens with zero attached hydrogens (tertiary/aromatic N) is 2. The Morgan fingerprint density at radius 3 is 2.52 bits per heavy atom. The summed E-state index contributed by atoms with van der Waals surface area (Å²) >= 11 is 12.1. The standard InChI is InChI=1S/C14H16Cl2N2O2S/c15-10-1-2-12(11(16)9-10)18-4-3-13(14(18)19)17-5-7-21(20)8-6-17/h1-2,9,13H,3-8H2/t13-/m0/s1. The van der Waals surface area contributed by atoms with Gasteiger partial charge in [0.15, 0.2) is 0 Å². The maximum absolute atomic E-state index is 12.6. The Hall–Kier alpha value is -0.620. The molecule has 1 aromatic rings. The lowest BCUT2D eigenvalue weighted by molar-refractivity contribution is -0.121. The average molecular weight is 347 g/mol. The third-order valence-corrected chi connectivity index (χ3v) is 5.84. The van der Waals surface area contributed by atoms with Crippen molar-refractivity contribution in [2.75, 3.05) is 36.0 Å². The molecule has 0 spiro atoms. The van der Waals surface area contributed by atoms with E-state index in [-0.39, 0.29) is 11.9 Å². The molecule has 0 aromatic heterocycles. The molecule has 0 bridgehead atoms. The van der Waals surface area contributed by atoms with E-state index in [1.54, 1.807) is 23.1 Å². The van der Waals surface area contributed by atoms with Crippen molar-refractivity contribution < 1.29 is 9.00 Å². The molecule has 1 amide bonds. The van der Waals surface area contributed by atoms with Gasteiger partial charge in [0, 0.05) is 47.0 Å². The lowest BCUT2D eigenvalue weighted by Gasteiger charge is -2.30. The second kappa shape index (κ2) is 6.24. The molecule has 7 heteroatoms. The minimum atomic E-state index is -0.726. The van der Waals surface area contributed by atoms with Gasteiger partial charge in [-0.15, -0.1) is 0 Å². The van der Waals surface area contributed by atoms with Crippen LogP contribution >= 0.6 is 23.2 Å². The SMILES string of the molecule is O=C1[C@@H](N2CCS(=O)CC2)CCN1c1ccc(Cl)cc1Cl. The van der Waals surface area contributed by atoms with Crippen LogP contribution in [0, 0.1) is 0 Å². The van der Waals surface area contributed by atoms with Crippen LogP contribution in [0.25, 0.3) is 0 Å². The number of hydrogen-bond donors (Lipinski definition) is 0. The molecule has 0 N–H and O–H groups in total. The summed E-state index contributed by atoms with van der Waals surface area (Å²) in [7, 11) is -0.726. The summed E-state index contributed by atoms with van der Waals surface area (Å²) < 4.78 is 11.4. The molecule has 1 atom stereocenters. The number of anilines is 1. The largest absolute Gasteiger partial charge is 0.310 e. The van der Waals surface area contributed by atoms with Crippen LogP contribution in [0.2, 0.25) is 10.0 Å². The molecule has 2 heterocycles. The fraction of sp³-hybridized carbons (Fsp3) is 0.500. The first-order valence-electron chi connectivity index (χ1n) is 6.92. The van der Waals surface area contributed by atoms with Crippen molar-refractivity contribution in [2.24, 2.45) is 0 Å². The summed E-state index contributed by atoms with van der Waals surface area (Å²) in [5.41, 5.74) is 0.717. The minimum absolute atomic E-state index is 0.0758. The van der Waals surface area contributed by atoms with E-state index in [9.17, 15) is 9.00 Å². The number of benzene rings is 1. The van der Waals surface area contributed by atoms with Crippen LogP contribution in [0.15, 0.2) is 18.2 Å². The number of amides is 1. The predicted molar refractivity (Wildman–Crippen MR) is 86.7 cm³/mol. The summed E-state index contributed by atoms with van der Waals surface area (Å²) in [5, 5.41) is 1.06. The van der Waals surface area contributed by atoms with Gasteiger partial charge in [-0.25, -0.2) is 0 Å². The molecule has 114 valence electrons. The number of hydrogen-bond acceptors (Lipinski definition) is 3. The molecule has 0 unspecified atom stereocenters. The highest BCUT2D eigenvalue weighted by atomic mass is 35.5. The van der Waals surface area contributed by atoms with Crippen LogP contribution in [0.4, 0.5) is 5.69 Å². The molecule has 1 aromatic carbocycles. The Morgan fingerprint density at radius 1 is 1.14 bits per heavy atom. The van der Waals surface area contributed by atoms with Crippen molar-refractivity contribution >= 4 is 45.6 Å². The Balaban J connectivity index is 1.75. The van der Waals surface area contributed by atoms with Crippen molar-refractivity contribution in [1.29, 1.82) is 0 Å². The van der Waals surface area contributed by atoms with Gasteiger partial charge in [-0.3, -0.25) is 13.9 Å². The number of carbonyl (C=O) groups excluding carboxylic acids is 1. The fourth-order valence-electron chi connectivity index (χ4n) is 2.91. The molecule has 2 aliphatic heterocycles. The third kappa shape index (κ3) is 3.11. The molecule has 2 saturated heterocycles.